The topological polar surface area (TPSA) is 103 Å². The average Bonchev–Trinajstić information content (AvgIpc) is 2.41. The number of hydrogen-bond donors (Lipinski definition) is 1. The largest absolute Gasteiger partial charge is 0.369 e. The summed E-state index contributed by atoms with van der Waals surface area (Å²) in [4.78, 5) is 0. The first kappa shape index (κ1) is 21.1. The van der Waals surface area contributed by atoms with E-state index >= 15 is 0 Å². The Morgan fingerprint density at radius 1 is 1.00 bits per heavy atom. The van der Waals surface area contributed by atoms with Crippen molar-refractivity contribution < 1.29 is 17.2 Å². The minimum atomic E-state index is -4.50. The van der Waals surface area contributed by atoms with Crippen LogP contribution in [0, 0.1) is 0 Å². The quantitative estimate of drug-likeness (QED) is 0.244. The van der Waals surface area contributed by atoms with E-state index in [2.05, 4.69) is 28.4 Å². The summed E-state index contributed by atoms with van der Waals surface area (Å²) in [5.41, 5.74) is 1.42. The fourth-order valence-corrected chi connectivity index (χ4v) is 6.47. The summed E-state index contributed by atoms with van der Waals surface area (Å²) in [5.74, 6) is 0. The van der Waals surface area contributed by atoms with Crippen LogP contribution in [-0.4, -0.2) is 49.5 Å². The molecule has 0 amide bonds. The third-order valence-electron chi connectivity index (χ3n) is 2.35. The van der Waals surface area contributed by atoms with Gasteiger partial charge in [0.1, 0.15) is 0 Å². The number of hydrogen-bond acceptors (Lipinski definition) is 4. The summed E-state index contributed by atoms with van der Waals surface area (Å²) < 4.78 is 34.7. The van der Waals surface area contributed by atoms with E-state index in [0.717, 1.165) is 5.32 Å². The van der Waals surface area contributed by atoms with Crippen molar-refractivity contribution in [3.8, 4) is 0 Å². The summed E-state index contributed by atoms with van der Waals surface area (Å²) >= 11 is 1.22. The van der Waals surface area contributed by atoms with Gasteiger partial charge in [0.05, 0.1) is 0 Å². The van der Waals surface area contributed by atoms with Gasteiger partial charge in [-0.2, -0.15) is 0 Å². The molecule has 8 heteroatoms. The molecule has 0 saturated carbocycles. The molecule has 0 radical (unpaired) electrons. The van der Waals surface area contributed by atoms with Crippen LogP contribution in [0.25, 0.3) is 0 Å². The van der Waals surface area contributed by atoms with E-state index in [1.165, 1.54) is 27.9 Å². The molecule has 122 valence electrons. The second-order valence-corrected chi connectivity index (χ2v) is 10.0. The van der Waals surface area contributed by atoms with Gasteiger partial charge in [0.2, 0.25) is 0 Å². The first-order valence-corrected chi connectivity index (χ1v) is 12.6. The third-order valence-corrected chi connectivity index (χ3v) is 7.57. The van der Waals surface area contributed by atoms with Gasteiger partial charge in [0, 0.05) is 0 Å². The van der Waals surface area contributed by atoms with Crippen molar-refractivity contribution in [2.75, 3.05) is 6.61 Å². The summed E-state index contributed by atoms with van der Waals surface area (Å²) in [6.45, 7) is 0.0333. The van der Waals surface area contributed by atoms with Gasteiger partial charge >= 0.3 is 134 Å². The van der Waals surface area contributed by atoms with Gasteiger partial charge in [-0.15, -0.1) is 0 Å². The zero-order chi connectivity index (χ0) is 14.7. The maximum absolute atomic E-state index is 10.2. The van der Waals surface area contributed by atoms with Crippen LogP contribution in [0.4, 0.5) is 0 Å². The molecule has 0 spiro atoms. The Labute approximate surface area is 140 Å². The third kappa shape index (κ3) is 13.5. The fourth-order valence-electron chi connectivity index (χ4n) is 1.45. The summed E-state index contributed by atoms with van der Waals surface area (Å²) in [7, 11) is -4.50. The molecule has 5 nitrogen and oxygen atoms in total. The Hall–Kier alpha value is 0.0890. The number of quaternary nitrogens is 1. The molecule has 0 fully saturated rings. The molecule has 1 aromatic rings. The Balaban J connectivity index is 0.00000400. The second kappa shape index (κ2) is 12.6. The van der Waals surface area contributed by atoms with Gasteiger partial charge in [-0.05, 0) is 0 Å². The molecule has 1 rings (SSSR count). The Kier molecular flexibility index (Phi) is 12.7. The predicted molar refractivity (Wildman–Crippen MR) is 86.9 cm³/mol. The Morgan fingerprint density at radius 3 is 2.29 bits per heavy atom. The molecule has 0 saturated heterocycles. The molecule has 1 aromatic carbocycles. The molecule has 0 aromatic heterocycles. The van der Waals surface area contributed by atoms with Crippen LogP contribution < -0.4 is 6.15 Å². The van der Waals surface area contributed by atoms with Gasteiger partial charge in [0.25, 0.3) is 0 Å². The molecule has 0 bridgehead atoms. The number of rotatable bonds is 11. The fraction of sp³-hybridized carbons (Fsp3) is 0.538. The Morgan fingerprint density at radius 2 is 1.62 bits per heavy atom. The van der Waals surface area contributed by atoms with Crippen molar-refractivity contribution >= 4 is 40.3 Å². The number of benzene rings is 1. The second-order valence-electron chi connectivity index (χ2n) is 4.09. The minimum Gasteiger partial charge on any atom is -0.369 e. The van der Waals surface area contributed by atoms with Crippen LogP contribution in [-0.2, 0) is 19.9 Å². The monoisotopic (exact) mass is 449 g/mol. The maximum atomic E-state index is 10.2. The minimum absolute atomic E-state index is 0. The van der Waals surface area contributed by atoms with Crippen molar-refractivity contribution in [2.24, 2.45) is 0 Å². The van der Waals surface area contributed by atoms with Gasteiger partial charge in [0.15, 0.2) is 0 Å². The van der Waals surface area contributed by atoms with E-state index in [1.54, 1.807) is 0 Å². The summed E-state index contributed by atoms with van der Waals surface area (Å²) in [5, 5.41) is 4.72. The summed E-state index contributed by atoms with van der Waals surface area (Å²) in [6.07, 6.45) is 1.92. The summed E-state index contributed by atoms with van der Waals surface area (Å²) in [6, 6.07) is 10.6. The van der Waals surface area contributed by atoms with Crippen LogP contribution in [0.3, 0.4) is 0 Å². The zero-order valence-corrected chi connectivity index (χ0v) is 16.4. The first-order chi connectivity index (χ1) is 9.58. The van der Waals surface area contributed by atoms with Crippen LogP contribution in [0.1, 0.15) is 18.4 Å². The standard InChI is InChI=1S/C13H20O4SSe2.H3N/c14-18(15,16)17-8-4-9-19-10-5-11-20-12-13-6-2-1-3-7-13;/h1-3,6-7H,4-5,8-12H2,(H,14,15,16);1H3. The average molecular weight is 447 g/mol. The first-order valence-electron chi connectivity index (χ1n) is 6.37. The molecule has 0 aliphatic heterocycles. The Bertz CT molecular complexity index is 456. The van der Waals surface area contributed by atoms with Crippen molar-refractivity contribution in [2.45, 2.75) is 34.1 Å². The van der Waals surface area contributed by atoms with Gasteiger partial charge in [-0.3, -0.25) is 0 Å². The smallest absolute Gasteiger partial charge is 0.369 e. The van der Waals surface area contributed by atoms with Crippen molar-refractivity contribution in [3.05, 3.63) is 35.9 Å². The molecule has 0 aliphatic rings. The molecule has 0 heterocycles. The van der Waals surface area contributed by atoms with Gasteiger partial charge in [-0.1, -0.05) is 0 Å². The molecule has 0 unspecified atom stereocenters. The van der Waals surface area contributed by atoms with E-state index < -0.39 is 10.4 Å². The maximum Gasteiger partial charge on any atom is -0.369 e. The molecule has 4 N–H and O–H groups in total. The zero-order valence-electron chi connectivity index (χ0n) is 12.2. The van der Waals surface area contributed by atoms with E-state index in [9.17, 15) is 13.0 Å². The van der Waals surface area contributed by atoms with Crippen LogP contribution in [0.5, 0.6) is 0 Å². The van der Waals surface area contributed by atoms with Crippen LogP contribution in [0.2, 0.25) is 16.0 Å². The van der Waals surface area contributed by atoms with Gasteiger partial charge in [-0.25, -0.2) is 0 Å². The normalized spacial score (nSPS) is 11.1. The van der Waals surface area contributed by atoms with E-state index in [-0.39, 0.29) is 12.8 Å². The van der Waals surface area contributed by atoms with E-state index in [0.29, 0.717) is 36.3 Å². The van der Waals surface area contributed by atoms with Crippen molar-refractivity contribution in [1.82, 2.24) is 6.15 Å². The van der Waals surface area contributed by atoms with Crippen molar-refractivity contribution in [3.63, 3.8) is 0 Å². The van der Waals surface area contributed by atoms with Crippen molar-refractivity contribution in [1.29, 1.82) is 0 Å². The predicted octanol–water partition coefficient (Wildman–Crippen LogP) is 2.48. The van der Waals surface area contributed by atoms with Crippen LogP contribution in [0.15, 0.2) is 30.3 Å². The SMILES string of the molecule is O=S(=O)([O-])OCCC[Se]CCC[Se]Cc1ccccc1.[NH4+]. The van der Waals surface area contributed by atoms with E-state index in [1.807, 2.05) is 6.07 Å². The van der Waals surface area contributed by atoms with Crippen LogP contribution >= 0.6 is 0 Å². The molecular weight excluding hydrogens is 424 g/mol. The molecule has 0 atom stereocenters. The molecular formula is C13H23NO4SSe2. The molecule has 0 aliphatic carbocycles. The van der Waals surface area contributed by atoms with E-state index in [4.69, 9.17) is 0 Å². The van der Waals surface area contributed by atoms with Gasteiger partial charge < -0.3 is 6.15 Å². The molecule has 21 heavy (non-hydrogen) atoms.